The van der Waals surface area contributed by atoms with Crippen LogP contribution in [0.5, 0.6) is 5.75 Å². The standard InChI is InChI=1S/C13H12Cl2O3S2/c1-18-12-4-2-10(14)6-9(12)7-20(16,17)8-11-3-5-13(15)19-11/h2-6H,7-8H2,1H3. The van der Waals surface area contributed by atoms with Gasteiger partial charge >= 0.3 is 0 Å². The molecule has 0 N–H and O–H groups in total. The maximum absolute atomic E-state index is 12.2. The van der Waals surface area contributed by atoms with Gasteiger partial charge in [0.05, 0.1) is 23.0 Å². The van der Waals surface area contributed by atoms with Gasteiger partial charge in [-0.3, -0.25) is 0 Å². The van der Waals surface area contributed by atoms with Crippen LogP contribution in [0, 0.1) is 0 Å². The fourth-order valence-electron chi connectivity index (χ4n) is 1.79. The molecule has 0 saturated carbocycles. The second kappa shape index (κ2) is 6.35. The smallest absolute Gasteiger partial charge is 0.159 e. The van der Waals surface area contributed by atoms with E-state index in [1.54, 1.807) is 30.3 Å². The predicted octanol–water partition coefficient (Wildman–Crippen LogP) is 4.18. The Hall–Kier alpha value is -0.750. The van der Waals surface area contributed by atoms with Crippen LogP contribution in [-0.2, 0) is 21.3 Å². The van der Waals surface area contributed by atoms with E-state index in [1.807, 2.05) is 0 Å². The second-order valence-electron chi connectivity index (χ2n) is 4.19. The first-order valence-corrected chi connectivity index (χ1v) is 9.06. The van der Waals surface area contributed by atoms with Crippen molar-refractivity contribution in [2.75, 3.05) is 7.11 Å². The van der Waals surface area contributed by atoms with Gasteiger partial charge in [-0.05, 0) is 30.3 Å². The molecule has 0 amide bonds. The molecule has 0 bridgehead atoms. The summed E-state index contributed by atoms with van der Waals surface area (Å²) in [7, 11) is -1.81. The maximum Gasteiger partial charge on any atom is 0.159 e. The minimum absolute atomic E-state index is 0.0416. The number of rotatable bonds is 5. The van der Waals surface area contributed by atoms with Gasteiger partial charge in [-0.15, -0.1) is 11.3 Å². The lowest BCUT2D eigenvalue weighted by molar-refractivity contribution is 0.411. The maximum atomic E-state index is 12.2. The zero-order valence-corrected chi connectivity index (χ0v) is 13.7. The van der Waals surface area contributed by atoms with Gasteiger partial charge in [-0.1, -0.05) is 23.2 Å². The van der Waals surface area contributed by atoms with E-state index in [2.05, 4.69) is 0 Å². The Bertz CT molecular complexity index is 708. The fraction of sp³-hybridized carbons (Fsp3) is 0.231. The molecular formula is C13H12Cl2O3S2. The van der Waals surface area contributed by atoms with Crippen LogP contribution in [-0.4, -0.2) is 15.5 Å². The predicted molar refractivity (Wildman–Crippen MR) is 83.7 cm³/mol. The Morgan fingerprint density at radius 2 is 1.90 bits per heavy atom. The summed E-state index contributed by atoms with van der Waals surface area (Å²) in [5.41, 5.74) is 0.558. The number of thiophene rings is 1. The lowest BCUT2D eigenvalue weighted by Crippen LogP contribution is -2.07. The first-order valence-electron chi connectivity index (χ1n) is 5.67. The van der Waals surface area contributed by atoms with Crippen LogP contribution in [0.4, 0.5) is 0 Å². The van der Waals surface area contributed by atoms with Gasteiger partial charge in [0.1, 0.15) is 5.75 Å². The highest BCUT2D eigenvalue weighted by Gasteiger charge is 2.17. The Balaban J connectivity index is 2.22. The van der Waals surface area contributed by atoms with Gasteiger partial charge in [0.25, 0.3) is 0 Å². The average molecular weight is 351 g/mol. The summed E-state index contributed by atoms with van der Waals surface area (Å²) in [5.74, 6) is 0.356. The van der Waals surface area contributed by atoms with Gasteiger partial charge in [-0.2, -0.15) is 0 Å². The van der Waals surface area contributed by atoms with Gasteiger partial charge in [0, 0.05) is 15.5 Å². The van der Waals surface area contributed by atoms with Crippen molar-refractivity contribution in [3.63, 3.8) is 0 Å². The molecule has 0 saturated heterocycles. The fourth-order valence-corrected chi connectivity index (χ4v) is 4.98. The van der Waals surface area contributed by atoms with E-state index in [4.69, 9.17) is 27.9 Å². The molecule has 7 heteroatoms. The number of benzene rings is 1. The SMILES string of the molecule is COc1ccc(Cl)cc1CS(=O)(=O)Cc1ccc(Cl)s1. The molecule has 2 aromatic rings. The highest BCUT2D eigenvalue weighted by Crippen LogP contribution is 2.28. The normalized spacial score (nSPS) is 11.6. The zero-order valence-electron chi connectivity index (χ0n) is 10.6. The largest absolute Gasteiger partial charge is 0.496 e. The highest BCUT2D eigenvalue weighted by atomic mass is 35.5. The molecule has 20 heavy (non-hydrogen) atoms. The third-order valence-corrected chi connectivity index (χ3v) is 5.76. The highest BCUT2D eigenvalue weighted by molar-refractivity contribution is 7.90. The molecule has 2 rings (SSSR count). The van der Waals surface area contributed by atoms with Crippen molar-refractivity contribution in [1.29, 1.82) is 0 Å². The van der Waals surface area contributed by atoms with Crippen LogP contribution in [0.3, 0.4) is 0 Å². The van der Waals surface area contributed by atoms with Gasteiger partial charge in [-0.25, -0.2) is 8.42 Å². The lowest BCUT2D eigenvalue weighted by Gasteiger charge is -2.09. The zero-order chi connectivity index (χ0) is 14.8. The van der Waals surface area contributed by atoms with Crippen LogP contribution in [0.1, 0.15) is 10.4 Å². The van der Waals surface area contributed by atoms with Crippen molar-refractivity contribution in [2.45, 2.75) is 11.5 Å². The van der Waals surface area contributed by atoms with Crippen molar-refractivity contribution in [3.8, 4) is 5.75 Å². The Morgan fingerprint density at radius 1 is 1.15 bits per heavy atom. The van der Waals surface area contributed by atoms with Gasteiger partial charge in [0.2, 0.25) is 0 Å². The Morgan fingerprint density at radius 3 is 2.50 bits per heavy atom. The van der Waals surface area contributed by atoms with Crippen molar-refractivity contribution in [2.24, 2.45) is 0 Å². The molecule has 1 aromatic heterocycles. The summed E-state index contributed by atoms with van der Waals surface area (Å²) in [6.07, 6.45) is 0. The van der Waals surface area contributed by atoms with Crippen molar-refractivity contribution < 1.29 is 13.2 Å². The van der Waals surface area contributed by atoms with E-state index in [0.29, 0.717) is 20.7 Å². The van der Waals surface area contributed by atoms with Crippen LogP contribution in [0.15, 0.2) is 30.3 Å². The quantitative estimate of drug-likeness (QED) is 0.812. The number of methoxy groups -OCH3 is 1. The number of hydrogen-bond acceptors (Lipinski definition) is 4. The van der Waals surface area contributed by atoms with E-state index in [9.17, 15) is 8.42 Å². The molecular weight excluding hydrogens is 339 g/mol. The first kappa shape index (κ1) is 15.6. The molecule has 0 unspecified atom stereocenters. The van der Waals surface area contributed by atoms with Gasteiger partial charge in [0.15, 0.2) is 9.84 Å². The monoisotopic (exact) mass is 350 g/mol. The van der Waals surface area contributed by atoms with Gasteiger partial charge < -0.3 is 4.74 Å². The summed E-state index contributed by atoms with van der Waals surface area (Å²) >= 11 is 13.0. The van der Waals surface area contributed by atoms with Crippen LogP contribution < -0.4 is 4.74 Å². The summed E-state index contributed by atoms with van der Waals surface area (Å²) in [6.45, 7) is 0. The molecule has 0 spiro atoms. The summed E-state index contributed by atoms with van der Waals surface area (Å²) in [6, 6.07) is 8.35. The van der Waals surface area contributed by atoms with Crippen LogP contribution >= 0.6 is 34.5 Å². The molecule has 0 fully saturated rings. The van der Waals surface area contributed by atoms with Crippen molar-refractivity contribution in [1.82, 2.24) is 0 Å². The van der Waals surface area contributed by atoms with Crippen LogP contribution in [0.25, 0.3) is 0 Å². The Labute approximate surface area is 132 Å². The van der Waals surface area contributed by atoms with E-state index in [1.165, 1.54) is 18.4 Å². The second-order valence-corrected chi connectivity index (χ2v) is 8.49. The van der Waals surface area contributed by atoms with E-state index < -0.39 is 9.84 Å². The average Bonchev–Trinajstić information content (AvgIpc) is 2.73. The number of hydrogen-bond donors (Lipinski definition) is 0. The summed E-state index contributed by atoms with van der Waals surface area (Å²) in [5, 5.41) is 0.482. The van der Waals surface area contributed by atoms with Crippen molar-refractivity contribution >= 4 is 44.4 Å². The summed E-state index contributed by atoms with van der Waals surface area (Å²) in [4.78, 5) is 0.719. The molecule has 0 aliphatic carbocycles. The van der Waals surface area contributed by atoms with Crippen LogP contribution in [0.2, 0.25) is 9.36 Å². The first-order chi connectivity index (χ1) is 9.39. The minimum atomic E-state index is -3.31. The molecule has 0 aliphatic heterocycles. The topological polar surface area (TPSA) is 43.4 Å². The third-order valence-electron chi connectivity index (χ3n) is 2.61. The molecule has 0 aliphatic rings. The van der Waals surface area contributed by atoms with E-state index >= 15 is 0 Å². The third kappa shape index (κ3) is 4.12. The molecule has 0 radical (unpaired) electrons. The molecule has 0 atom stereocenters. The number of sulfone groups is 1. The van der Waals surface area contributed by atoms with Crippen molar-refractivity contribution in [3.05, 3.63) is 50.1 Å². The minimum Gasteiger partial charge on any atom is -0.496 e. The summed E-state index contributed by atoms with van der Waals surface area (Å²) < 4.78 is 30.2. The Kier molecular flexibility index (Phi) is 4.96. The number of ether oxygens (including phenoxy) is 1. The molecule has 3 nitrogen and oxygen atoms in total. The van der Waals surface area contributed by atoms with E-state index in [0.717, 1.165) is 4.88 Å². The molecule has 1 aromatic carbocycles. The van der Waals surface area contributed by atoms with E-state index in [-0.39, 0.29) is 11.5 Å². The molecule has 108 valence electrons. The lowest BCUT2D eigenvalue weighted by atomic mass is 10.2. The molecule has 1 heterocycles. The number of halogens is 2.